The van der Waals surface area contributed by atoms with Crippen molar-refractivity contribution in [3.8, 4) is 0 Å². The molecule has 0 saturated carbocycles. The molecule has 1 N–H and O–H groups in total. The molecule has 0 heterocycles. The van der Waals surface area contributed by atoms with E-state index in [1.54, 1.807) is 35.2 Å². The number of amides is 2. The van der Waals surface area contributed by atoms with Crippen molar-refractivity contribution in [1.29, 1.82) is 0 Å². The number of benzene rings is 3. The Hall–Kier alpha value is -3.18. The minimum Gasteiger partial charge on any atom is -0.354 e. The predicted molar refractivity (Wildman–Crippen MR) is 134 cm³/mol. The Morgan fingerprint density at radius 2 is 1.59 bits per heavy atom. The number of rotatable bonds is 10. The maximum absolute atomic E-state index is 13.6. The van der Waals surface area contributed by atoms with Crippen molar-refractivity contribution >= 4 is 23.4 Å². The molecule has 2 amide bonds. The number of hydrogen-bond donors (Lipinski definition) is 1. The number of halogens is 2. The van der Waals surface area contributed by atoms with E-state index in [-0.39, 0.29) is 36.5 Å². The molecular formula is C28H30ClFN2O2. The van der Waals surface area contributed by atoms with Crippen LogP contribution in [-0.2, 0) is 29.0 Å². The van der Waals surface area contributed by atoms with Crippen LogP contribution in [0.4, 0.5) is 4.39 Å². The molecule has 3 rings (SSSR count). The number of nitrogens with zero attached hydrogens (tertiary/aromatic N) is 1. The van der Waals surface area contributed by atoms with E-state index < -0.39 is 6.04 Å². The second-order valence-electron chi connectivity index (χ2n) is 8.80. The fourth-order valence-electron chi connectivity index (χ4n) is 3.69. The van der Waals surface area contributed by atoms with E-state index in [2.05, 4.69) is 5.32 Å². The van der Waals surface area contributed by atoms with E-state index in [1.807, 2.05) is 50.2 Å². The van der Waals surface area contributed by atoms with E-state index >= 15 is 0 Å². The Labute approximate surface area is 205 Å². The molecule has 3 aromatic carbocycles. The zero-order chi connectivity index (χ0) is 24.5. The van der Waals surface area contributed by atoms with Crippen molar-refractivity contribution in [1.82, 2.24) is 10.2 Å². The highest BCUT2D eigenvalue weighted by molar-refractivity contribution is 6.30. The fourth-order valence-corrected chi connectivity index (χ4v) is 3.90. The minimum atomic E-state index is -0.724. The summed E-state index contributed by atoms with van der Waals surface area (Å²) >= 11 is 6.12. The lowest BCUT2D eigenvalue weighted by Gasteiger charge is -2.32. The van der Waals surface area contributed by atoms with Gasteiger partial charge in [-0.05, 0) is 46.9 Å². The van der Waals surface area contributed by atoms with Crippen molar-refractivity contribution in [2.45, 2.75) is 39.3 Å². The van der Waals surface area contributed by atoms with Gasteiger partial charge in [0, 0.05) is 24.5 Å². The van der Waals surface area contributed by atoms with Crippen molar-refractivity contribution in [3.05, 3.63) is 106 Å². The first-order valence-electron chi connectivity index (χ1n) is 11.4. The summed E-state index contributed by atoms with van der Waals surface area (Å²) in [7, 11) is 0. The Bertz CT molecular complexity index is 1090. The lowest BCUT2D eigenvalue weighted by atomic mass is 10.0. The van der Waals surface area contributed by atoms with Crippen LogP contribution in [0, 0.1) is 11.7 Å². The Morgan fingerprint density at radius 1 is 0.912 bits per heavy atom. The van der Waals surface area contributed by atoms with Crippen LogP contribution < -0.4 is 5.32 Å². The van der Waals surface area contributed by atoms with Gasteiger partial charge in [0.1, 0.15) is 11.9 Å². The molecule has 6 heteroatoms. The number of carbonyl (C=O) groups is 2. The van der Waals surface area contributed by atoms with Crippen LogP contribution in [0.25, 0.3) is 0 Å². The van der Waals surface area contributed by atoms with Crippen LogP contribution in [0.2, 0.25) is 5.02 Å². The standard InChI is InChI=1S/C28H30ClFN2O2/c1-20(2)18-31-28(34)26(16-21-7-4-3-5-8-21)32(19-22-11-13-25(30)14-12-22)27(33)17-23-9-6-10-24(29)15-23/h3-15,20,26H,16-19H2,1-2H3,(H,31,34). The predicted octanol–water partition coefficient (Wildman–Crippen LogP) is 5.43. The maximum Gasteiger partial charge on any atom is 0.243 e. The molecule has 178 valence electrons. The summed E-state index contributed by atoms with van der Waals surface area (Å²) in [6, 6.07) is 22.0. The summed E-state index contributed by atoms with van der Waals surface area (Å²) < 4.78 is 13.5. The summed E-state index contributed by atoms with van der Waals surface area (Å²) in [6.45, 7) is 4.74. The normalized spacial score (nSPS) is 11.8. The van der Waals surface area contributed by atoms with Crippen LogP contribution >= 0.6 is 11.6 Å². The summed E-state index contributed by atoms with van der Waals surface area (Å²) in [6.07, 6.45) is 0.470. The van der Waals surface area contributed by atoms with Crippen LogP contribution in [-0.4, -0.2) is 29.3 Å². The molecule has 1 unspecified atom stereocenters. The summed E-state index contributed by atoms with van der Waals surface area (Å²) in [5, 5.41) is 3.54. The third-order valence-corrected chi connectivity index (χ3v) is 5.70. The molecule has 0 fully saturated rings. The highest BCUT2D eigenvalue weighted by Gasteiger charge is 2.30. The first kappa shape index (κ1) is 25.4. The van der Waals surface area contributed by atoms with Crippen molar-refractivity contribution in [2.75, 3.05) is 6.54 Å². The van der Waals surface area contributed by atoms with Gasteiger partial charge >= 0.3 is 0 Å². The maximum atomic E-state index is 13.6. The fraction of sp³-hybridized carbons (Fsp3) is 0.286. The van der Waals surface area contributed by atoms with Gasteiger partial charge < -0.3 is 10.2 Å². The van der Waals surface area contributed by atoms with E-state index in [1.165, 1.54) is 12.1 Å². The first-order chi connectivity index (χ1) is 16.3. The molecular weight excluding hydrogens is 451 g/mol. The number of carbonyl (C=O) groups excluding carboxylic acids is 2. The molecule has 0 radical (unpaired) electrons. The van der Waals surface area contributed by atoms with Crippen molar-refractivity contribution < 1.29 is 14.0 Å². The van der Waals surface area contributed by atoms with Crippen LogP contribution in [0.3, 0.4) is 0 Å². The monoisotopic (exact) mass is 480 g/mol. The molecule has 0 saturated heterocycles. The topological polar surface area (TPSA) is 49.4 Å². The zero-order valence-corrected chi connectivity index (χ0v) is 20.3. The average Bonchev–Trinajstić information content (AvgIpc) is 2.81. The number of hydrogen-bond acceptors (Lipinski definition) is 2. The molecule has 0 spiro atoms. The second kappa shape index (κ2) is 12.3. The van der Waals surface area contributed by atoms with E-state index in [0.29, 0.717) is 18.0 Å². The van der Waals surface area contributed by atoms with Gasteiger partial charge in [0.15, 0.2) is 0 Å². The smallest absolute Gasteiger partial charge is 0.243 e. The molecule has 1 atom stereocenters. The van der Waals surface area contributed by atoms with E-state index in [0.717, 1.165) is 16.7 Å². The first-order valence-corrected chi connectivity index (χ1v) is 11.8. The highest BCUT2D eigenvalue weighted by Crippen LogP contribution is 2.18. The van der Waals surface area contributed by atoms with Crippen LogP contribution in [0.15, 0.2) is 78.9 Å². The van der Waals surface area contributed by atoms with E-state index in [9.17, 15) is 14.0 Å². The number of nitrogens with one attached hydrogen (secondary N) is 1. The molecule has 34 heavy (non-hydrogen) atoms. The summed E-state index contributed by atoms with van der Waals surface area (Å²) in [5.41, 5.74) is 2.46. The van der Waals surface area contributed by atoms with Gasteiger partial charge in [-0.2, -0.15) is 0 Å². The molecule has 0 aliphatic rings. The second-order valence-corrected chi connectivity index (χ2v) is 9.24. The third kappa shape index (κ3) is 7.70. The van der Waals surface area contributed by atoms with E-state index in [4.69, 9.17) is 11.6 Å². The largest absolute Gasteiger partial charge is 0.354 e. The SMILES string of the molecule is CC(C)CNC(=O)C(Cc1ccccc1)N(Cc1ccc(F)cc1)C(=O)Cc1cccc(Cl)c1. The zero-order valence-electron chi connectivity index (χ0n) is 19.5. The molecule has 0 aliphatic heterocycles. The highest BCUT2D eigenvalue weighted by atomic mass is 35.5. The Balaban J connectivity index is 1.94. The average molecular weight is 481 g/mol. The molecule has 0 bridgehead atoms. The van der Waals surface area contributed by atoms with Crippen molar-refractivity contribution in [3.63, 3.8) is 0 Å². The molecule has 3 aromatic rings. The van der Waals surface area contributed by atoms with Crippen LogP contribution in [0.5, 0.6) is 0 Å². The third-order valence-electron chi connectivity index (χ3n) is 5.47. The quantitative estimate of drug-likeness (QED) is 0.420. The summed E-state index contributed by atoms with van der Waals surface area (Å²) in [5.74, 6) is -0.489. The van der Waals surface area contributed by atoms with Crippen LogP contribution in [0.1, 0.15) is 30.5 Å². The van der Waals surface area contributed by atoms with Gasteiger partial charge in [0.25, 0.3) is 0 Å². The van der Waals surface area contributed by atoms with Gasteiger partial charge in [-0.25, -0.2) is 4.39 Å². The lowest BCUT2D eigenvalue weighted by molar-refractivity contribution is -0.140. The Kier molecular flexibility index (Phi) is 9.23. The minimum absolute atomic E-state index is 0.102. The lowest BCUT2D eigenvalue weighted by Crippen LogP contribution is -2.51. The van der Waals surface area contributed by atoms with Gasteiger partial charge in [-0.3, -0.25) is 9.59 Å². The van der Waals surface area contributed by atoms with Crippen molar-refractivity contribution in [2.24, 2.45) is 5.92 Å². The molecule has 0 aromatic heterocycles. The van der Waals surface area contributed by atoms with Gasteiger partial charge in [-0.15, -0.1) is 0 Å². The van der Waals surface area contributed by atoms with Gasteiger partial charge in [0.05, 0.1) is 6.42 Å². The van der Waals surface area contributed by atoms with Gasteiger partial charge in [0.2, 0.25) is 11.8 Å². The summed E-state index contributed by atoms with van der Waals surface area (Å²) in [4.78, 5) is 28.6. The molecule has 4 nitrogen and oxygen atoms in total. The molecule has 0 aliphatic carbocycles. The van der Waals surface area contributed by atoms with Gasteiger partial charge in [-0.1, -0.05) is 80.0 Å². The Morgan fingerprint density at radius 3 is 2.24 bits per heavy atom.